The second kappa shape index (κ2) is 8.01. The van der Waals surface area contributed by atoms with Gasteiger partial charge in [-0.1, -0.05) is 23.7 Å². The number of thiazole rings is 1. The number of pyridine rings is 1. The van der Waals surface area contributed by atoms with Gasteiger partial charge >= 0.3 is 0 Å². The minimum absolute atomic E-state index is 0. The summed E-state index contributed by atoms with van der Waals surface area (Å²) in [4.78, 5) is 8.66. The molecule has 1 aromatic carbocycles. The Kier molecular flexibility index (Phi) is 6.23. The standard InChI is InChI=1S/C15H13ClN4O2S2.ClH/c1-24(21,22)20-12-5-2-10(3-6-12)13-9-23-15(18-13)19-14-7-4-11(16)8-17-14;/h2-9,20H,1H3,(H,17,18,19);1H. The van der Waals surface area contributed by atoms with E-state index >= 15 is 0 Å². The smallest absolute Gasteiger partial charge is 0.229 e. The second-order valence-corrected chi connectivity index (χ2v) is 8.02. The Bertz CT molecular complexity index is 942. The Morgan fingerprint density at radius 1 is 1.12 bits per heavy atom. The van der Waals surface area contributed by atoms with Crippen molar-refractivity contribution in [3.8, 4) is 11.3 Å². The third-order valence-corrected chi connectivity index (χ3v) is 4.54. The van der Waals surface area contributed by atoms with Crippen LogP contribution in [0.25, 0.3) is 11.3 Å². The molecule has 2 aromatic heterocycles. The predicted octanol–water partition coefficient (Wildman–Crippen LogP) is 4.40. The molecular formula is C15H14Cl2N4O2S2. The number of hydrogen-bond acceptors (Lipinski definition) is 6. The van der Waals surface area contributed by atoms with Crippen molar-refractivity contribution in [2.45, 2.75) is 0 Å². The number of nitrogens with one attached hydrogen (secondary N) is 2. The van der Waals surface area contributed by atoms with Crippen molar-refractivity contribution >= 4 is 62.0 Å². The average Bonchev–Trinajstić information content (AvgIpc) is 2.97. The molecule has 2 heterocycles. The zero-order chi connectivity index (χ0) is 17.2. The molecular weight excluding hydrogens is 403 g/mol. The molecule has 0 amide bonds. The lowest BCUT2D eigenvalue weighted by Gasteiger charge is -2.04. The van der Waals surface area contributed by atoms with Crippen molar-refractivity contribution in [2.75, 3.05) is 16.3 Å². The van der Waals surface area contributed by atoms with E-state index in [1.54, 1.807) is 30.5 Å². The number of hydrogen-bond donors (Lipinski definition) is 2. The summed E-state index contributed by atoms with van der Waals surface area (Å²) >= 11 is 7.26. The van der Waals surface area contributed by atoms with Gasteiger partial charge in [0.15, 0.2) is 5.13 Å². The Hall–Kier alpha value is -1.87. The van der Waals surface area contributed by atoms with Crippen molar-refractivity contribution in [3.63, 3.8) is 0 Å². The maximum absolute atomic E-state index is 11.2. The lowest BCUT2D eigenvalue weighted by molar-refractivity contribution is 0.607. The lowest BCUT2D eigenvalue weighted by Crippen LogP contribution is -2.09. The van der Waals surface area contributed by atoms with E-state index in [4.69, 9.17) is 11.6 Å². The average molecular weight is 417 g/mol. The third kappa shape index (κ3) is 5.57. The molecule has 132 valence electrons. The van der Waals surface area contributed by atoms with Crippen LogP contribution in [0, 0.1) is 0 Å². The highest BCUT2D eigenvalue weighted by Crippen LogP contribution is 2.27. The van der Waals surface area contributed by atoms with Crippen LogP contribution in [0.2, 0.25) is 5.02 Å². The van der Waals surface area contributed by atoms with Crippen LogP contribution in [0.3, 0.4) is 0 Å². The van der Waals surface area contributed by atoms with Crippen LogP contribution < -0.4 is 10.0 Å². The van der Waals surface area contributed by atoms with Crippen LogP contribution in [-0.4, -0.2) is 24.6 Å². The van der Waals surface area contributed by atoms with Crippen LogP contribution in [-0.2, 0) is 10.0 Å². The molecule has 3 aromatic rings. The fourth-order valence-electron chi connectivity index (χ4n) is 1.95. The van der Waals surface area contributed by atoms with E-state index < -0.39 is 10.0 Å². The summed E-state index contributed by atoms with van der Waals surface area (Å²) in [5.74, 6) is 0.660. The maximum atomic E-state index is 11.2. The minimum Gasteiger partial charge on any atom is -0.316 e. The van der Waals surface area contributed by atoms with Gasteiger partial charge in [0.2, 0.25) is 10.0 Å². The van der Waals surface area contributed by atoms with Gasteiger partial charge in [-0.3, -0.25) is 4.72 Å². The Balaban J connectivity index is 0.00000225. The van der Waals surface area contributed by atoms with Crippen LogP contribution in [0.4, 0.5) is 16.6 Å². The summed E-state index contributed by atoms with van der Waals surface area (Å²) in [6.45, 7) is 0. The molecule has 0 unspecified atom stereocenters. The Morgan fingerprint density at radius 3 is 2.44 bits per heavy atom. The molecule has 0 aliphatic heterocycles. The third-order valence-electron chi connectivity index (χ3n) is 2.95. The van der Waals surface area contributed by atoms with Gasteiger partial charge < -0.3 is 5.32 Å². The van der Waals surface area contributed by atoms with Crippen molar-refractivity contribution in [1.29, 1.82) is 0 Å². The van der Waals surface area contributed by atoms with E-state index in [1.807, 2.05) is 17.5 Å². The van der Waals surface area contributed by atoms with E-state index in [-0.39, 0.29) is 12.4 Å². The maximum Gasteiger partial charge on any atom is 0.229 e. The van der Waals surface area contributed by atoms with Gasteiger partial charge in [-0.05, 0) is 24.3 Å². The number of rotatable bonds is 5. The van der Waals surface area contributed by atoms with Crippen molar-refractivity contribution < 1.29 is 8.42 Å². The van der Waals surface area contributed by atoms with Crippen molar-refractivity contribution in [1.82, 2.24) is 9.97 Å². The topological polar surface area (TPSA) is 84.0 Å². The molecule has 2 N–H and O–H groups in total. The van der Waals surface area contributed by atoms with Gasteiger partial charge in [-0.15, -0.1) is 23.7 Å². The molecule has 0 aliphatic rings. The second-order valence-electron chi connectivity index (χ2n) is 4.98. The largest absolute Gasteiger partial charge is 0.316 e. The Labute approximate surface area is 160 Å². The van der Waals surface area contributed by atoms with E-state index in [0.717, 1.165) is 17.5 Å². The molecule has 3 rings (SSSR count). The number of anilines is 3. The van der Waals surface area contributed by atoms with Gasteiger partial charge in [0.05, 0.1) is 17.0 Å². The molecule has 6 nitrogen and oxygen atoms in total. The fourth-order valence-corrected chi connectivity index (χ4v) is 3.35. The van der Waals surface area contributed by atoms with Crippen LogP contribution in [0.5, 0.6) is 0 Å². The van der Waals surface area contributed by atoms with Gasteiger partial charge in [0.1, 0.15) is 5.82 Å². The van der Waals surface area contributed by atoms with Crippen molar-refractivity contribution in [2.24, 2.45) is 0 Å². The highest BCUT2D eigenvalue weighted by Gasteiger charge is 2.07. The summed E-state index contributed by atoms with van der Waals surface area (Å²) in [5.41, 5.74) is 2.20. The molecule has 0 fully saturated rings. The number of nitrogens with zero attached hydrogens (tertiary/aromatic N) is 2. The van der Waals surface area contributed by atoms with E-state index in [0.29, 0.717) is 21.7 Å². The highest BCUT2D eigenvalue weighted by molar-refractivity contribution is 7.92. The first-order chi connectivity index (χ1) is 11.4. The minimum atomic E-state index is -3.28. The van der Waals surface area contributed by atoms with E-state index in [2.05, 4.69) is 20.0 Å². The first-order valence-corrected chi connectivity index (χ1v) is 9.96. The number of aromatic nitrogens is 2. The molecule has 0 bridgehead atoms. The normalized spacial score (nSPS) is 10.8. The fraction of sp³-hybridized carbons (Fsp3) is 0.0667. The molecule has 0 radical (unpaired) electrons. The summed E-state index contributed by atoms with van der Waals surface area (Å²) in [6, 6.07) is 10.5. The predicted molar refractivity (Wildman–Crippen MR) is 106 cm³/mol. The quantitative estimate of drug-likeness (QED) is 0.643. The Morgan fingerprint density at radius 2 is 1.84 bits per heavy atom. The molecule has 0 aliphatic carbocycles. The molecule has 25 heavy (non-hydrogen) atoms. The van der Waals surface area contributed by atoms with Gasteiger partial charge in [0.25, 0.3) is 0 Å². The molecule has 0 saturated heterocycles. The van der Waals surface area contributed by atoms with Gasteiger partial charge in [-0.25, -0.2) is 18.4 Å². The van der Waals surface area contributed by atoms with Crippen LogP contribution in [0.15, 0.2) is 48.0 Å². The van der Waals surface area contributed by atoms with Gasteiger partial charge in [-0.2, -0.15) is 0 Å². The number of benzene rings is 1. The van der Waals surface area contributed by atoms with E-state index in [9.17, 15) is 8.42 Å². The van der Waals surface area contributed by atoms with Gasteiger partial charge in [0, 0.05) is 22.8 Å². The van der Waals surface area contributed by atoms with Crippen LogP contribution >= 0.6 is 35.3 Å². The summed E-state index contributed by atoms with van der Waals surface area (Å²) in [5, 5.41) is 6.30. The summed E-state index contributed by atoms with van der Waals surface area (Å²) in [7, 11) is -3.28. The molecule has 0 spiro atoms. The van der Waals surface area contributed by atoms with Crippen molar-refractivity contribution in [3.05, 3.63) is 53.0 Å². The van der Waals surface area contributed by atoms with Crippen LogP contribution in [0.1, 0.15) is 0 Å². The first kappa shape index (κ1) is 19.5. The van der Waals surface area contributed by atoms with E-state index in [1.165, 1.54) is 11.3 Å². The zero-order valence-electron chi connectivity index (χ0n) is 12.9. The lowest BCUT2D eigenvalue weighted by atomic mass is 10.1. The number of sulfonamides is 1. The SMILES string of the molecule is CS(=O)(=O)Nc1ccc(-c2csc(Nc3ccc(Cl)cn3)n2)cc1.Cl. The first-order valence-electron chi connectivity index (χ1n) is 6.81. The highest BCUT2D eigenvalue weighted by atomic mass is 35.5. The molecule has 0 saturated carbocycles. The molecule has 10 heteroatoms. The number of halogens is 2. The summed E-state index contributed by atoms with van der Waals surface area (Å²) < 4.78 is 24.8. The monoisotopic (exact) mass is 416 g/mol. The molecule has 0 atom stereocenters. The summed E-state index contributed by atoms with van der Waals surface area (Å²) in [6.07, 6.45) is 2.68. The zero-order valence-corrected chi connectivity index (χ0v) is 16.1.